The molecule has 0 radical (unpaired) electrons. The van der Waals surface area contributed by atoms with Gasteiger partial charge in [-0.3, -0.25) is 4.79 Å². The summed E-state index contributed by atoms with van der Waals surface area (Å²) < 4.78 is 0. The molecule has 1 atom stereocenters. The topological polar surface area (TPSA) is 49.3 Å². The van der Waals surface area contributed by atoms with Crippen molar-refractivity contribution in [1.82, 2.24) is 0 Å². The Morgan fingerprint density at radius 2 is 2.06 bits per heavy atom. The van der Waals surface area contributed by atoms with Crippen LogP contribution in [0, 0.1) is 12.8 Å². The van der Waals surface area contributed by atoms with Gasteiger partial charge in [0.05, 0.1) is 4.83 Å². The largest absolute Gasteiger partial charge is 0.508 e. The standard InChI is InChI=1S/C12H16BrNO2/c1-7(2)11(13)12(16)14-9-5-4-8(3)10(15)6-9/h4-7,11,15H,1-3H3,(H,14,16). The number of rotatable bonds is 3. The van der Waals surface area contributed by atoms with Crippen LogP contribution >= 0.6 is 15.9 Å². The maximum Gasteiger partial charge on any atom is 0.238 e. The Hall–Kier alpha value is -1.03. The van der Waals surface area contributed by atoms with E-state index in [2.05, 4.69) is 21.2 Å². The van der Waals surface area contributed by atoms with Gasteiger partial charge in [0.15, 0.2) is 0 Å². The quantitative estimate of drug-likeness (QED) is 0.839. The average molecular weight is 286 g/mol. The Labute approximate surface area is 104 Å². The second-order valence-electron chi connectivity index (χ2n) is 4.14. The van der Waals surface area contributed by atoms with Crippen molar-refractivity contribution in [2.75, 3.05) is 5.32 Å². The lowest BCUT2D eigenvalue weighted by Gasteiger charge is -2.14. The number of carbonyl (C=O) groups is 1. The van der Waals surface area contributed by atoms with Crippen molar-refractivity contribution in [2.24, 2.45) is 5.92 Å². The first-order valence-corrected chi connectivity index (χ1v) is 6.08. The second-order valence-corrected chi connectivity index (χ2v) is 5.12. The van der Waals surface area contributed by atoms with Gasteiger partial charge in [0, 0.05) is 11.8 Å². The number of aryl methyl sites for hydroxylation is 1. The lowest BCUT2D eigenvalue weighted by atomic mass is 10.1. The smallest absolute Gasteiger partial charge is 0.238 e. The highest BCUT2D eigenvalue weighted by atomic mass is 79.9. The van der Waals surface area contributed by atoms with E-state index in [9.17, 15) is 9.90 Å². The van der Waals surface area contributed by atoms with E-state index in [-0.39, 0.29) is 22.4 Å². The zero-order chi connectivity index (χ0) is 12.3. The molecule has 0 heterocycles. The van der Waals surface area contributed by atoms with Crippen LogP contribution in [0.2, 0.25) is 0 Å². The van der Waals surface area contributed by atoms with E-state index >= 15 is 0 Å². The Balaban J connectivity index is 2.74. The maximum absolute atomic E-state index is 11.7. The lowest BCUT2D eigenvalue weighted by Crippen LogP contribution is -2.26. The van der Waals surface area contributed by atoms with Crippen LogP contribution in [-0.2, 0) is 4.79 Å². The van der Waals surface area contributed by atoms with Crippen molar-refractivity contribution in [1.29, 1.82) is 0 Å². The van der Waals surface area contributed by atoms with Crippen LogP contribution in [0.3, 0.4) is 0 Å². The number of phenolic OH excluding ortho intramolecular Hbond substituents is 1. The number of phenols is 1. The van der Waals surface area contributed by atoms with Crippen molar-refractivity contribution in [3.8, 4) is 5.75 Å². The van der Waals surface area contributed by atoms with Gasteiger partial charge < -0.3 is 10.4 Å². The van der Waals surface area contributed by atoms with E-state index in [0.29, 0.717) is 5.69 Å². The Morgan fingerprint density at radius 3 is 2.56 bits per heavy atom. The highest BCUT2D eigenvalue weighted by Crippen LogP contribution is 2.22. The molecule has 2 N–H and O–H groups in total. The van der Waals surface area contributed by atoms with Crippen LogP contribution in [0.4, 0.5) is 5.69 Å². The van der Waals surface area contributed by atoms with Crippen molar-refractivity contribution in [3.63, 3.8) is 0 Å². The predicted octanol–water partition coefficient (Wildman–Crippen LogP) is 3.06. The molecule has 0 spiro atoms. The van der Waals surface area contributed by atoms with E-state index in [0.717, 1.165) is 5.56 Å². The summed E-state index contributed by atoms with van der Waals surface area (Å²) in [6.45, 7) is 5.74. The van der Waals surface area contributed by atoms with Crippen molar-refractivity contribution < 1.29 is 9.90 Å². The van der Waals surface area contributed by atoms with Gasteiger partial charge in [-0.2, -0.15) is 0 Å². The zero-order valence-electron chi connectivity index (χ0n) is 9.62. The third kappa shape index (κ3) is 3.23. The summed E-state index contributed by atoms with van der Waals surface area (Å²) in [7, 11) is 0. The number of hydrogen-bond acceptors (Lipinski definition) is 2. The minimum Gasteiger partial charge on any atom is -0.508 e. The first-order chi connectivity index (χ1) is 7.41. The molecule has 1 aromatic rings. The Kier molecular flexibility index (Phi) is 4.35. The Morgan fingerprint density at radius 1 is 1.44 bits per heavy atom. The number of hydrogen-bond donors (Lipinski definition) is 2. The number of aromatic hydroxyl groups is 1. The molecule has 88 valence electrons. The third-order valence-electron chi connectivity index (χ3n) is 2.31. The van der Waals surface area contributed by atoms with E-state index in [4.69, 9.17) is 0 Å². The predicted molar refractivity (Wildman–Crippen MR) is 69.0 cm³/mol. The monoisotopic (exact) mass is 285 g/mol. The number of alkyl halides is 1. The molecule has 1 unspecified atom stereocenters. The molecular formula is C12H16BrNO2. The number of benzene rings is 1. The Bertz CT molecular complexity index is 391. The molecule has 0 aliphatic heterocycles. The minimum atomic E-state index is -0.226. The van der Waals surface area contributed by atoms with E-state index in [1.54, 1.807) is 18.2 Å². The number of halogens is 1. The van der Waals surface area contributed by atoms with Crippen LogP contribution in [0.15, 0.2) is 18.2 Å². The molecular weight excluding hydrogens is 270 g/mol. The van der Waals surface area contributed by atoms with Gasteiger partial charge in [0.25, 0.3) is 0 Å². The first kappa shape index (κ1) is 13.0. The molecule has 0 fully saturated rings. The van der Waals surface area contributed by atoms with Gasteiger partial charge >= 0.3 is 0 Å². The first-order valence-electron chi connectivity index (χ1n) is 5.16. The average Bonchev–Trinajstić information content (AvgIpc) is 2.22. The normalized spacial score (nSPS) is 12.6. The van der Waals surface area contributed by atoms with Crippen LogP contribution in [-0.4, -0.2) is 15.8 Å². The zero-order valence-corrected chi connectivity index (χ0v) is 11.2. The molecule has 0 saturated heterocycles. The lowest BCUT2D eigenvalue weighted by molar-refractivity contribution is -0.116. The summed E-state index contributed by atoms with van der Waals surface area (Å²) in [4.78, 5) is 11.5. The van der Waals surface area contributed by atoms with Gasteiger partial charge in [0.1, 0.15) is 5.75 Å². The molecule has 1 rings (SSSR count). The molecule has 0 aliphatic carbocycles. The van der Waals surface area contributed by atoms with Crippen LogP contribution < -0.4 is 5.32 Å². The van der Waals surface area contributed by atoms with E-state index in [1.807, 2.05) is 20.8 Å². The fourth-order valence-electron chi connectivity index (χ4n) is 1.20. The van der Waals surface area contributed by atoms with E-state index in [1.165, 1.54) is 0 Å². The molecule has 0 saturated carbocycles. The highest BCUT2D eigenvalue weighted by molar-refractivity contribution is 9.10. The molecule has 16 heavy (non-hydrogen) atoms. The summed E-state index contributed by atoms with van der Waals surface area (Å²) in [5.41, 5.74) is 1.40. The van der Waals surface area contributed by atoms with Crippen LogP contribution in [0.1, 0.15) is 19.4 Å². The van der Waals surface area contributed by atoms with E-state index < -0.39 is 0 Å². The van der Waals surface area contributed by atoms with Crippen LogP contribution in [0.5, 0.6) is 5.75 Å². The van der Waals surface area contributed by atoms with Crippen molar-refractivity contribution in [2.45, 2.75) is 25.6 Å². The summed E-state index contributed by atoms with van der Waals surface area (Å²) in [6.07, 6.45) is 0. The second kappa shape index (κ2) is 5.34. The van der Waals surface area contributed by atoms with Gasteiger partial charge in [-0.05, 0) is 24.5 Å². The third-order valence-corrected chi connectivity index (χ3v) is 3.79. The fourth-order valence-corrected chi connectivity index (χ4v) is 1.32. The molecule has 0 aromatic heterocycles. The van der Waals surface area contributed by atoms with Gasteiger partial charge in [-0.1, -0.05) is 35.8 Å². The van der Waals surface area contributed by atoms with Crippen LogP contribution in [0.25, 0.3) is 0 Å². The van der Waals surface area contributed by atoms with Gasteiger partial charge in [-0.15, -0.1) is 0 Å². The molecule has 3 nitrogen and oxygen atoms in total. The molecule has 0 aliphatic rings. The van der Waals surface area contributed by atoms with Crippen molar-refractivity contribution in [3.05, 3.63) is 23.8 Å². The number of amides is 1. The molecule has 4 heteroatoms. The summed E-state index contributed by atoms with van der Waals surface area (Å²) in [5, 5.41) is 12.2. The number of anilines is 1. The summed E-state index contributed by atoms with van der Waals surface area (Å²) in [5.74, 6) is 0.311. The van der Waals surface area contributed by atoms with Gasteiger partial charge in [-0.25, -0.2) is 0 Å². The maximum atomic E-state index is 11.7. The SMILES string of the molecule is Cc1ccc(NC(=O)C(Br)C(C)C)cc1O. The summed E-state index contributed by atoms with van der Waals surface area (Å²) in [6, 6.07) is 5.09. The number of nitrogens with one attached hydrogen (secondary N) is 1. The summed E-state index contributed by atoms with van der Waals surface area (Å²) >= 11 is 3.32. The number of carbonyl (C=O) groups excluding carboxylic acids is 1. The fraction of sp³-hybridized carbons (Fsp3) is 0.417. The molecule has 1 aromatic carbocycles. The minimum absolute atomic E-state index is 0.0988. The molecule has 0 bridgehead atoms. The highest BCUT2D eigenvalue weighted by Gasteiger charge is 2.18. The molecule has 1 amide bonds. The van der Waals surface area contributed by atoms with Gasteiger partial charge in [0.2, 0.25) is 5.91 Å². The van der Waals surface area contributed by atoms with Crippen molar-refractivity contribution >= 4 is 27.5 Å².